The quantitative estimate of drug-likeness (QED) is 0.556. The Hall–Kier alpha value is -1.60. The first kappa shape index (κ1) is 12.4. The maximum Gasteiger partial charge on any atom is 0.295 e. The Morgan fingerprint density at radius 2 is 1.68 bits per heavy atom. The van der Waals surface area contributed by atoms with Gasteiger partial charge in [-0.1, -0.05) is 0 Å². The lowest BCUT2D eigenvalue weighted by molar-refractivity contribution is -0.793. The Balaban J connectivity index is 1.82. The van der Waals surface area contributed by atoms with Gasteiger partial charge in [-0.2, -0.15) is 0 Å². The first-order chi connectivity index (χ1) is 8.98. The highest BCUT2D eigenvalue weighted by atomic mass is 17.0. The molecule has 0 radical (unpaired) electrons. The molecule has 3 unspecified atom stereocenters. The van der Waals surface area contributed by atoms with Crippen molar-refractivity contribution < 1.29 is 19.8 Å². The van der Waals surface area contributed by atoms with E-state index in [9.17, 15) is 20.2 Å². The van der Waals surface area contributed by atoms with Crippen LogP contribution in [-0.4, -0.2) is 22.4 Å². The minimum absolute atomic E-state index is 0.0923. The minimum Gasteiger partial charge on any atom is -0.314 e. The summed E-state index contributed by atoms with van der Waals surface area (Å²) in [5.41, 5.74) is -0.853. The van der Waals surface area contributed by atoms with Crippen molar-refractivity contribution in [3.63, 3.8) is 0 Å². The van der Waals surface area contributed by atoms with Crippen molar-refractivity contribution in [2.45, 2.75) is 37.7 Å². The second kappa shape index (κ2) is 4.21. The lowest BCUT2D eigenvalue weighted by atomic mass is 9.50. The minimum atomic E-state index is -0.853. The van der Waals surface area contributed by atoms with Crippen LogP contribution in [0.4, 0.5) is 0 Å². The molecule has 5 atom stereocenters. The van der Waals surface area contributed by atoms with Gasteiger partial charge in [0.1, 0.15) is 12.2 Å². The highest BCUT2D eigenvalue weighted by Crippen LogP contribution is 2.59. The van der Waals surface area contributed by atoms with Crippen LogP contribution < -0.4 is 0 Å². The van der Waals surface area contributed by atoms with E-state index in [0.717, 1.165) is 19.3 Å². The maximum absolute atomic E-state index is 10.8. The smallest absolute Gasteiger partial charge is 0.295 e. The summed E-state index contributed by atoms with van der Waals surface area (Å²) in [7, 11) is 0. The predicted octanol–water partition coefficient (Wildman–Crippen LogP) is 1.60. The molecule has 4 bridgehead atoms. The van der Waals surface area contributed by atoms with E-state index in [2.05, 4.69) is 4.84 Å². The van der Waals surface area contributed by atoms with Crippen LogP contribution in [0.5, 0.6) is 0 Å². The van der Waals surface area contributed by atoms with E-state index in [1.165, 1.54) is 0 Å². The first-order valence-corrected chi connectivity index (χ1v) is 6.59. The third kappa shape index (κ3) is 2.08. The van der Waals surface area contributed by atoms with Gasteiger partial charge in [-0.3, -0.25) is 0 Å². The molecule has 8 heteroatoms. The fourth-order valence-corrected chi connectivity index (χ4v) is 4.79. The summed E-state index contributed by atoms with van der Waals surface area (Å²) in [4.78, 5) is 30.7. The van der Waals surface area contributed by atoms with Crippen molar-refractivity contribution in [1.82, 2.24) is 0 Å². The van der Waals surface area contributed by atoms with Crippen molar-refractivity contribution >= 4 is 0 Å². The Morgan fingerprint density at radius 3 is 2.21 bits per heavy atom. The van der Waals surface area contributed by atoms with Gasteiger partial charge >= 0.3 is 0 Å². The molecule has 19 heavy (non-hydrogen) atoms. The molecule has 0 saturated heterocycles. The van der Waals surface area contributed by atoms with Gasteiger partial charge in [0.2, 0.25) is 0 Å². The summed E-state index contributed by atoms with van der Waals surface area (Å²) in [5, 5.41) is 19.6. The molecular formula is C11H16N2O6. The Kier molecular flexibility index (Phi) is 2.75. The molecule has 0 aromatic carbocycles. The van der Waals surface area contributed by atoms with Gasteiger partial charge in [0.05, 0.1) is 0 Å². The Bertz CT molecular complexity index is 400. The largest absolute Gasteiger partial charge is 0.314 e. The SMILES string of the molecule is O=[N+]([O-])OCC1C2C[C@@H]3C[C@H](C2)CC1(O[N+](=O)[O-])C3. The zero-order chi connectivity index (χ0) is 13.6. The van der Waals surface area contributed by atoms with Gasteiger partial charge in [-0.25, -0.2) is 0 Å². The molecule has 0 aromatic heterocycles. The standard InChI is InChI=1S/C11H16N2O6/c14-12(15)18-6-10-9-2-7-1-8(3-9)5-11(10,4-7)19-13(16)17/h7-10H,1-6H2/t7-,8+,9?,10?,11?. The molecule has 0 amide bonds. The van der Waals surface area contributed by atoms with E-state index in [4.69, 9.17) is 4.84 Å². The third-order valence-electron chi connectivity index (χ3n) is 5.07. The normalized spacial score (nSPS) is 42.9. The molecule has 4 saturated carbocycles. The Labute approximate surface area is 109 Å². The van der Waals surface area contributed by atoms with E-state index < -0.39 is 15.8 Å². The maximum atomic E-state index is 10.8. The fraction of sp³-hybridized carbons (Fsp3) is 1.00. The van der Waals surface area contributed by atoms with E-state index in [-0.39, 0.29) is 18.4 Å². The van der Waals surface area contributed by atoms with Crippen molar-refractivity contribution in [2.75, 3.05) is 6.61 Å². The van der Waals surface area contributed by atoms with Gasteiger partial charge in [-0.05, 0) is 49.9 Å². The highest BCUT2D eigenvalue weighted by molar-refractivity contribution is 5.07. The summed E-state index contributed by atoms with van der Waals surface area (Å²) in [6, 6.07) is 0. The summed E-state index contributed by atoms with van der Waals surface area (Å²) >= 11 is 0. The van der Waals surface area contributed by atoms with Gasteiger partial charge in [0.15, 0.2) is 0 Å². The van der Waals surface area contributed by atoms with E-state index in [1.54, 1.807) is 0 Å². The van der Waals surface area contributed by atoms with E-state index >= 15 is 0 Å². The monoisotopic (exact) mass is 272 g/mol. The summed E-state index contributed by atoms with van der Waals surface area (Å²) in [5.74, 6) is 0.941. The molecule has 4 aliphatic carbocycles. The van der Waals surface area contributed by atoms with Crippen LogP contribution in [0.2, 0.25) is 0 Å². The molecule has 4 fully saturated rings. The molecule has 0 heterocycles. The molecule has 0 aliphatic heterocycles. The third-order valence-corrected chi connectivity index (χ3v) is 5.07. The Morgan fingerprint density at radius 1 is 1.05 bits per heavy atom. The van der Waals surface area contributed by atoms with Crippen LogP contribution >= 0.6 is 0 Å². The number of hydrogen-bond acceptors (Lipinski definition) is 6. The summed E-state index contributed by atoms with van der Waals surface area (Å²) in [6.07, 6.45) is 4.36. The van der Waals surface area contributed by atoms with Crippen molar-refractivity contribution in [3.05, 3.63) is 20.2 Å². The van der Waals surface area contributed by atoms with Crippen LogP contribution in [-0.2, 0) is 9.68 Å². The van der Waals surface area contributed by atoms with Gasteiger partial charge in [-0.15, -0.1) is 20.2 Å². The molecule has 4 aliphatic rings. The van der Waals surface area contributed by atoms with Crippen molar-refractivity contribution in [1.29, 1.82) is 0 Å². The van der Waals surface area contributed by atoms with Crippen molar-refractivity contribution in [3.8, 4) is 0 Å². The number of rotatable bonds is 5. The topological polar surface area (TPSA) is 105 Å². The van der Waals surface area contributed by atoms with Crippen LogP contribution in [0, 0.1) is 43.9 Å². The van der Waals surface area contributed by atoms with Crippen LogP contribution in [0.3, 0.4) is 0 Å². The zero-order valence-corrected chi connectivity index (χ0v) is 10.4. The summed E-state index contributed by atoms with van der Waals surface area (Å²) in [6.45, 7) is -0.0923. The fourth-order valence-electron chi connectivity index (χ4n) is 4.79. The van der Waals surface area contributed by atoms with Gasteiger partial charge < -0.3 is 9.68 Å². The van der Waals surface area contributed by atoms with Gasteiger partial charge in [0.25, 0.3) is 10.2 Å². The molecule has 106 valence electrons. The lowest BCUT2D eigenvalue weighted by Crippen LogP contribution is -2.60. The van der Waals surface area contributed by atoms with Crippen LogP contribution in [0.25, 0.3) is 0 Å². The first-order valence-electron chi connectivity index (χ1n) is 6.59. The van der Waals surface area contributed by atoms with Crippen molar-refractivity contribution in [2.24, 2.45) is 23.7 Å². The molecule has 8 nitrogen and oxygen atoms in total. The predicted molar refractivity (Wildman–Crippen MR) is 60.8 cm³/mol. The highest BCUT2D eigenvalue weighted by Gasteiger charge is 2.59. The average molecular weight is 272 g/mol. The molecular weight excluding hydrogens is 256 g/mol. The second-order valence-electron chi connectivity index (χ2n) is 6.11. The van der Waals surface area contributed by atoms with Gasteiger partial charge in [0, 0.05) is 5.92 Å². The van der Waals surface area contributed by atoms with E-state index in [1.807, 2.05) is 0 Å². The molecule has 4 rings (SSSR count). The zero-order valence-electron chi connectivity index (χ0n) is 10.4. The van der Waals surface area contributed by atoms with Crippen LogP contribution in [0.15, 0.2) is 0 Å². The van der Waals surface area contributed by atoms with E-state index in [0.29, 0.717) is 24.7 Å². The lowest BCUT2D eigenvalue weighted by Gasteiger charge is -2.59. The molecule has 0 aromatic rings. The summed E-state index contributed by atoms with van der Waals surface area (Å²) < 4.78 is 0. The molecule has 0 N–H and O–H groups in total. The average Bonchev–Trinajstić information content (AvgIpc) is 2.24. The molecule has 0 spiro atoms. The number of nitrogens with zero attached hydrogens (tertiary/aromatic N) is 2. The second-order valence-corrected chi connectivity index (χ2v) is 6.11. The van der Waals surface area contributed by atoms with Crippen LogP contribution in [0.1, 0.15) is 32.1 Å². The number of hydrogen-bond donors (Lipinski definition) is 0.